The number of H-pyrrole nitrogens is 1. The van der Waals surface area contributed by atoms with Crippen molar-refractivity contribution in [1.29, 1.82) is 0 Å². The molecule has 0 fully saturated rings. The maximum absolute atomic E-state index is 10.1. The van der Waals surface area contributed by atoms with Crippen LogP contribution < -0.4 is 4.74 Å². The number of hydrogen-bond acceptors (Lipinski definition) is 4. The molecular weight excluding hydrogens is 310 g/mol. The zero-order valence-electron chi connectivity index (χ0n) is 12.7. The third-order valence-electron chi connectivity index (χ3n) is 3.67. The monoisotopic (exact) mass is 327 g/mol. The highest BCUT2D eigenvalue weighted by Crippen LogP contribution is 2.31. The summed E-state index contributed by atoms with van der Waals surface area (Å²) in [4.78, 5) is 0. The minimum absolute atomic E-state index is 0.140. The van der Waals surface area contributed by atoms with E-state index in [0.717, 1.165) is 6.42 Å². The Morgan fingerprint density at radius 2 is 2.00 bits per heavy atom. The first kappa shape index (κ1) is 15.3. The van der Waals surface area contributed by atoms with Crippen molar-refractivity contribution in [3.63, 3.8) is 0 Å². The lowest BCUT2D eigenvalue weighted by atomic mass is 10.1. The topological polar surface area (TPSA) is 63.1 Å². The van der Waals surface area contributed by atoms with Crippen molar-refractivity contribution in [2.75, 3.05) is 7.11 Å². The Kier molecular flexibility index (Phi) is 4.43. The number of phenols is 1. The number of aromatic nitrogens is 3. The number of hydrogen-bond donors (Lipinski definition) is 2. The van der Waals surface area contributed by atoms with Gasteiger partial charge in [0.25, 0.3) is 0 Å². The van der Waals surface area contributed by atoms with E-state index < -0.39 is 0 Å². The molecule has 0 radical (unpaired) electrons. The van der Waals surface area contributed by atoms with Crippen LogP contribution in [-0.2, 0) is 13.0 Å². The van der Waals surface area contributed by atoms with Gasteiger partial charge < -0.3 is 9.84 Å². The Bertz CT molecular complexity index is 856. The van der Waals surface area contributed by atoms with Gasteiger partial charge in [0.05, 0.1) is 12.7 Å². The molecule has 0 saturated carbocycles. The molecular formula is C17H17N3O2S. The van der Waals surface area contributed by atoms with Gasteiger partial charge in [0.15, 0.2) is 10.6 Å². The second-order valence-electron chi connectivity index (χ2n) is 5.12. The first-order valence-corrected chi connectivity index (χ1v) is 7.66. The second-order valence-corrected chi connectivity index (χ2v) is 5.51. The van der Waals surface area contributed by atoms with Crippen LogP contribution >= 0.6 is 12.2 Å². The van der Waals surface area contributed by atoms with Gasteiger partial charge in [0, 0.05) is 6.54 Å². The lowest BCUT2D eigenvalue weighted by molar-refractivity contribution is 0.412. The van der Waals surface area contributed by atoms with E-state index in [1.807, 2.05) is 22.8 Å². The van der Waals surface area contributed by atoms with Gasteiger partial charge in [-0.1, -0.05) is 30.3 Å². The van der Waals surface area contributed by atoms with E-state index in [9.17, 15) is 5.11 Å². The number of benzene rings is 2. The summed E-state index contributed by atoms with van der Waals surface area (Å²) >= 11 is 5.32. The van der Waals surface area contributed by atoms with Crippen molar-refractivity contribution >= 4 is 12.2 Å². The van der Waals surface area contributed by atoms with Gasteiger partial charge in [0.1, 0.15) is 11.5 Å². The molecule has 0 amide bonds. The van der Waals surface area contributed by atoms with Crippen molar-refractivity contribution in [2.45, 2.75) is 13.0 Å². The van der Waals surface area contributed by atoms with Crippen LogP contribution in [0.5, 0.6) is 11.5 Å². The maximum Gasteiger partial charge on any atom is 0.195 e. The van der Waals surface area contributed by atoms with Gasteiger partial charge in [-0.15, -0.1) is 0 Å². The van der Waals surface area contributed by atoms with E-state index >= 15 is 0 Å². The Hall–Kier alpha value is -2.60. The quantitative estimate of drug-likeness (QED) is 0.703. The third-order valence-corrected chi connectivity index (χ3v) is 3.98. The molecule has 0 spiro atoms. The molecule has 5 nitrogen and oxygen atoms in total. The predicted molar refractivity (Wildman–Crippen MR) is 91.2 cm³/mol. The number of nitrogens with zero attached hydrogens (tertiary/aromatic N) is 2. The smallest absolute Gasteiger partial charge is 0.195 e. The molecule has 6 heteroatoms. The number of methoxy groups -OCH3 is 1. The fraction of sp³-hybridized carbons (Fsp3) is 0.176. The largest absolute Gasteiger partial charge is 0.507 e. The standard InChI is InChI=1S/C17H17N3O2S/c1-22-13-7-8-15(21)14(11-13)16-18-19-17(23)20(16)10-9-12-5-3-2-4-6-12/h2-8,11,21H,9-10H2,1H3,(H,19,23). The van der Waals surface area contributed by atoms with Crippen LogP contribution in [-0.4, -0.2) is 27.0 Å². The first-order chi connectivity index (χ1) is 11.2. The molecule has 1 heterocycles. The molecule has 0 bridgehead atoms. The number of phenolic OH excluding ortho intramolecular Hbond substituents is 1. The average Bonchev–Trinajstić information content (AvgIpc) is 2.95. The van der Waals surface area contributed by atoms with Crippen LogP contribution in [0, 0.1) is 4.77 Å². The highest BCUT2D eigenvalue weighted by molar-refractivity contribution is 7.71. The van der Waals surface area contributed by atoms with Crippen molar-refractivity contribution < 1.29 is 9.84 Å². The summed E-state index contributed by atoms with van der Waals surface area (Å²) in [6.07, 6.45) is 0.826. The van der Waals surface area contributed by atoms with Crippen molar-refractivity contribution in [3.8, 4) is 22.9 Å². The Morgan fingerprint density at radius 3 is 2.74 bits per heavy atom. The van der Waals surface area contributed by atoms with E-state index in [4.69, 9.17) is 17.0 Å². The zero-order chi connectivity index (χ0) is 16.2. The molecule has 0 saturated heterocycles. The summed E-state index contributed by atoms with van der Waals surface area (Å²) in [6.45, 7) is 0.672. The number of aromatic amines is 1. The Labute approximate surface area is 139 Å². The Balaban J connectivity index is 1.94. The average molecular weight is 327 g/mol. The first-order valence-electron chi connectivity index (χ1n) is 7.25. The molecule has 0 aliphatic carbocycles. The van der Waals surface area contributed by atoms with Crippen LogP contribution in [0.1, 0.15) is 5.56 Å². The molecule has 3 rings (SSSR count). The third kappa shape index (κ3) is 3.27. The molecule has 0 atom stereocenters. The SMILES string of the molecule is COc1ccc(O)c(-c2n[nH]c(=S)n2CCc2ccccc2)c1. The number of nitrogens with one attached hydrogen (secondary N) is 1. The summed E-state index contributed by atoms with van der Waals surface area (Å²) in [5, 5.41) is 17.2. The molecule has 0 unspecified atom stereocenters. The number of aromatic hydroxyl groups is 1. The molecule has 118 valence electrons. The summed E-state index contributed by atoms with van der Waals surface area (Å²) < 4.78 is 7.63. The fourth-order valence-electron chi connectivity index (χ4n) is 2.44. The van der Waals surface area contributed by atoms with E-state index in [1.54, 1.807) is 25.3 Å². The molecule has 1 aromatic heterocycles. The predicted octanol–water partition coefficient (Wildman–Crippen LogP) is 3.56. The van der Waals surface area contributed by atoms with Crippen molar-refractivity contribution in [2.24, 2.45) is 0 Å². The lowest BCUT2D eigenvalue weighted by Crippen LogP contribution is -2.04. The molecule has 0 aliphatic rings. The second kappa shape index (κ2) is 6.66. The summed E-state index contributed by atoms with van der Waals surface area (Å²) in [5.74, 6) is 1.39. The van der Waals surface area contributed by atoms with Crippen molar-refractivity contribution in [1.82, 2.24) is 14.8 Å². The molecule has 2 N–H and O–H groups in total. The fourth-order valence-corrected chi connectivity index (χ4v) is 2.66. The number of aryl methyl sites for hydroxylation is 1. The summed E-state index contributed by atoms with van der Waals surface area (Å²) in [7, 11) is 1.59. The van der Waals surface area contributed by atoms with Gasteiger partial charge in [-0.05, 0) is 42.4 Å². The zero-order valence-corrected chi connectivity index (χ0v) is 13.5. The molecule has 0 aliphatic heterocycles. The number of ether oxygens (including phenoxy) is 1. The van der Waals surface area contributed by atoms with Gasteiger partial charge >= 0.3 is 0 Å². The van der Waals surface area contributed by atoms with Crippen molar-refractivity contribution in [3.05, 3.63) is 58.9 Å². The van der Waals surface area contributed by atoms with Gasteiger partial charge in [-0.2, -0.15) is 5.10 Å². The molecule has 2 aromatic carbocycles. The molecule has 23 heavy (non-hydrogen) atoms. The molecule has 3 aromatic rings. The van der Waals surface area contributed by atoms with E-state index in [1.165, 1.54) is 5.56 Å². The maximum atomic E-state index is 10.1. The minimum atomic E-state index is 0.140. The highest BCUT2D eigenvalue weighted by atomic mass is 32.1. The summed E-state index contributed by atoms with van der Waals surface area (Å²) in [6, 6.07) is 15.2. The Morgan fingerprint density at radius 1 is 1.22 bits per heavy atom. The van der Waals surface area contributed by atoms with Crippen LogP contribution in [0.15, 0.2) is 48.5 Å². The van der Waals surface area contributed by atoms with Crippen LogP contribution in [0.25, 0.3) is 11.4 Å². The normalized spacial score (nSPS) is 10.7. The van der Waals surface area contributed by atoms with Gasteiger partial charge in [0.2, 0.25) is 0 Å². The van der Waals surface area contributed by atoms with E-state index in [2.05, 4.69) is 22.3 Å². The van der Waals surface area contributed by atoms with Crippen LogP contribution in [0.4, 0.5) is 0 Å². The van der Waals surface area contributed by atoms with Crippen LogP contribution in [0.3, 0.4) is 0 Å². The summed E-state index contributed by atoms with van der Waals surface area (Å²) in [5.41, 5.74) is 1.81. The van der Waals surface area contributed by atoms with Gasteiger partial charge in [-0.25, -0.2) is 0 Å². The van der Waals surface area contributed by atoms with Crippen LogP contribution in [0.2, 0.25) is 0 Å². The highest BCUT2D eigenvalue weighted by Gasteiger charge is 2.14. The van der Waals surface area contributed by atoms with Gasteiger partial charge in [-0.3, -0.25) is 9.67 Å². The number of rotatable bonds is 5. The van der Waals surface area contributed by atoms with E-state index in [-0.39, 0.29) is 5.75 Å². The minimum Gasteiger partial charge on any atom is -0.507 e. The lowest BCUT2D eigenvalue weighted by Gasteiger charge is -2.10. The van der Waals surface area contributed by atoms with E-state index in [0.29, 0.717) is 28.5 Å².